The molecular weight excluding hydrogens is 538 g/mol. The Balaban J connectivity index is 1.34. The number of rotatable bonds is 8. The third kappa shape index (κ3) is 7.21. The van der Waals surface area contributed by atoms with Gasteiger partial charge in [0.25, 0.3) is 0 Å². The predicted molar refractivity (Wildman–Crippen MR) is 171 cm³/mol. The molecule has 0 radical (unpaired) electrons. The average Bonchev–Trinajstić information content (AvgIpc) is 3.43. The lowest BCUT2D eigenvalue weighted by Gasteiger charge is -2.30. The van der Waals surface area contributed by atoms with Gasteiger partial charge in [-0.25, -0.2) is 9.48 Å². The van der Waals surface area contributed by atoms with Crippen LogP contribution >= 0.6 is 0 Å². The van der Waals surface area contributed by atoms with Crippen molar-refractivity contribution in [1.82, 2.24) is 15.1 Å². The lowest BCUT2D eigenvalue weighted by Crippen LogP contribution is -2.33. The summed E-state index contributed by atoms with van der Waals surface area (Å²) in [5.41, 5.74) is 5.66. The van der Waals surface area contributed by atoms with Gasteiger partial charge < -0.3 is 15.7 Å². The maximum atomic E-state index is 13.8. The quantitative estimate of drug-likeness (QED) is 0.176. The summed E-state index contributed by atoms with van der Waals surface area (Å²) in [5, 5.41) is 23.5. The minimum atomic E-state index is -0.378. The van der Waals surface area contributed by atoms with E-state index in [2.05, 4.69) is 36.7 Å². The summed E-state index contributed by atoms with van der Waals surface area (Å²) < 4.78 is 1.75. The number of nitrogens with one attached hydrogen (secondary N) is 3. The number of piperidine rings is 1. The van der Waals surface area contributed by atoms with E-state index in [0.29, 0.717) is 17.1 Å². The molecule has 2 amide bonds. The number of carbonyl (C=O) groups is 2. The van der Waals surface area contributed by atoms with Crippen LogP contribution < -0.4 is 16.0 Å². The molecule has 1 fully saturated rings. The summed E-state index contributed by atoms with van der Waals surface area (Å²) in [6.45, 7) is 10.0. The van der Waals surface area contributed by atoms with E-state index < -0.39 is 0 Å². The summed E-state index contributed by atoms with van der Waals surface area (Å²) in [6.07, 6.45) is 1.83. The first-order chi connectivity index (χ1) is 20.6. The molecule has 1 saturated heterocycles. The summed E-state index contributed by atoms with van der Waals surface area (Å²) in [5.74, 6) is 0.581. The van der Waals surface area contributed by atoms with Crippen LogP contribution in [0.2, 0.25) is 0 Å². The number of ketones is 1. The molecule has 43 heavy (non-hydrogen) atoms. The van der Waals surface area contributed by atoms with Gasteiger partial charge in [-0.2, -0.15) is 5.10 Å². The van der Waals surface area contributed by atoms with Crippen LogP contribution in [0.25, 0.3) is 5.69 Å². The average molecular weight is 580 g/mol. The molecule has 8 nitrogen and oxygen atoms in total. The van der Waals surface area contributed by atoms with Crippen molar-refractivity contribution in [1.29, 1.82) is 0 Å². The fraction of sp³-hybridized carbons (Fsp3) is 0.343. The first kappa shape index (κ1) is 30.2. The topological polar surface area (TPSA) is 108 Å². The largest absolute Gasteiger partial charge is 0.392 e. The van der Waals surface area contributed by atoms with E-state index in [9.17, 15) is 14.7 Å². The second-order valence-electron chi connectivity index (χ2n) is 12.4. The molecule has 224 valence electrons. The van der Waals surface area contributed by atoms with Gasteiger partial charge in [-0.3, -0.25) is 10.1 Å². The molecule has 0 aliphatic carbocycles. The summed E-state index contributed by atoms with van der Waals surface area (Å²) in [6, 6.07) is 24.3. The second kappa shape index (κ2) is 12.9. The molecule has 0 saturated carbocycles. The maximum absolute atomic E-state index is 13.8. The first-order valence-electron chi connectivity index (χ1n) is 14.9. The number of aryl methyl sites for hydroxylation is 1. The molecule has 8 heteroatoms. The minimum Gasteiger partial charge on any atom is -0.392 e. The van der Waals surface area contributed by atoms with Crippen molar-refractivity contribution in [2.75, 3.05) is 23.7 Å². The Labute approximate surface area is 253 Å². The number of aromatic nitrogens is 2. The molecule has 4 N–H and O–H groups in total. The fourth-order valence-electron chi connectivity index (χ4n) is 5.54. The van der Waals surface area contributed by atoms with Crippen LogP contribution in [0.15, 0.2) is 78.9 Å². The van der Waals surface area contributed by atoms with Crippen molar-refractivity contribution in [2.24, 2.45) is 5.92 Å². The van der Waals surface area contributed by atoms with E-state index >= 15 is 0 Å². The Morgan fingerprint density at radius 1 is 0.953 bits per heavy atom. The smallest absolute Gasteiger partial charge is 0.324 e. The van der Waals surface area contributed by atoms with E-state index in [-0.39, 0.29) is 35.7 Å². The van der Waals surface area contributed by atoms with Crippen LogP contribution in [0.1, 0.15) is 72.3 Å². The number of amides is 2. The Morgan fingerprint density at radius 3 is 2.21 bits per heavy atom. The van der Waals surface area contributed by atoms with Crippen LogP contribution in [-0.4, -0.2) is 39.8 Å². The Bertz CT molecular complexity index is 1550. The van der Waals surface area contributed by atoms with Crippen LogP contribution in [0.4, 0.5) is 16.3 Å². The van der Waals surface area contributed by atoms with E-state index in [1.54, 1.807) is 28.9 Å². The molecule has 5 rings (SSSR count). The molecule has 1 aromatic heterocycles. The summed E-state index contributed by atoms with van der Waals surface area (Å²) >= 11 is 0. The van der Waals surface area contributed by atoms with E-state index in [4.69, 9.17) is 5.10 Å². The van der Waals surface area contributed by atoms with Crippen molar-refractivity contribution >= 4 is 23.3 Å². The molecule has 3 aromatic carbocycles. The lowest BCUT2D eigenvalue weighted by molar-refractivity contribution is 0.0916. The van der Waals surface area contributed by atoms with Gasteiger partial charge in [-0.05, 0) is 74.2 Å². The highest BCUT2D eigenvalue weighted by molar-refractivity contribution is 6.02. The number of nitrogens with zero attached hydrogens (tertiary/aromatic N) is 2. The number of benzene rings is 3. The van der Waals surface area contributed by atoms with Gasteiger partial charge in [-0.15, -0.1) is 0 Å². The standard InChI is InChI=1S/C35H41N5O3/c1-23-5-15-29(16-6-23)40-31(21-30(39-40)35(2,3)4)38-34(43)37-28-13-11-25(12-14-28)32(26-17-19-36-20-18-26)33(42)27-9-7-24(22-41)8-10-27/h5-16,21,26,32,36,41H,17-20,22H2,1-4H3,(H2,37,38,43). The van der Waals surface area contributed by atoms with Gasteiger partial charge in [0.2, 0.25) is 0 Å². The molecule has 1 aliphatic heterocycles. The molecule has 1 atom stereocenters. The number of urea groups is 1. The molecule has 1 aliphatic rings. The van der Waals surface area contributed by atoms with Gasteiger partial charge in [0.15, 0.2) is 5.78 Å². The van der Waals surface area contributed by atoms with E-state index in [1.807, 2.05) is 61.5 Å². The van der Waals surface area contributed by atoms with Crippen molar-refractivity contribution < 1.29 is 14.7 Å². The third-order valence-electron chi connectivity index (χ3n) is 8.08. The molecule has 4 aromatic rings. The number of carbonyl (C=O) groups excluding carboxylic acids is 2. The number of aliphatic hydroxyl groups excluding tert-OH is 1. The normalized spacial score (nSPS) is 14.7. The van der Waals surface area contributed by atoms with E-state index in [1.165, 1.54) is 0 Å². The van der Waals surface area contributed by atoms with Gasteiger partial charge in [0.1, 0.15) is 5.82 Å². The number of anilines is 2. The number of hydrogen-bond donors (Lipinski definition) is 4. The van der Waals surface area contributed by atoms with Crippen LogP contribution in [0, 0.1) is 12.8 Å². The van der Waals surface area contributed by atoms with Gasteiger partial charge >= 0.3 is 6.03 Å². The van der Waals surface area contributed by atoms with Crippen molar-refractivity contribution in [3.63, 3.8) is 0 Å². The summed E-state index contributed by atoms with van der Waals surface area (Å²) in [4.78, 5) is 26.9. The summed E-state index contributed by atoms with van der Waals surface area (Å²) in [7, 11) is 0. The highest BCUT2D eigenvalue weighted by atomic mass is 16.3. The van der Waals surface area contributed by atoms with Gasteiger partial charge in [0.05, 0.1) is 23.9 Å². The molecule has 2 heterocycles. The van der Waals surface area contributed by atoms with Crippen LogP contribution in [0.5, 0.6) is 0 Å². The third-order valence-corrected chi connectivity index (χ3v) is 8.08. The highest BCUT2D eigenvalue weighted by Crippen LogP contribution is 2.35. The second-order valence-corrected chi connectivity index (χ2v) is 12.4. The Morgan fingerprint density at radius 2 is 1.60 bits per heavy atom. The molecule has 0 spiro atoms. The Hall–Kier alpha value is -4.27. The van der Waals surface area contributed by atoms with E-state index in [0.717, 1.165) is 54.0 Å². The van der Waals surface area contributed by atoms with Crippen molar-refractivity contribution in [2.45, 2.75) is 58.5 Å². The van der Waals surface area contributed by atoms with Gasteiger partial charge in [0, 0.05) is 22.7 Å². The molecule has 1 unspecified atom stereocenters. The zero-order valence-corrected chi connectivity index (χ0v) is 25.4. The maximum Gasteiger partial charge on any atom is 0.324 e. The molecule has 0 bridgehead atoms. The lowest BCUT2D eigenvalue weighted by atomic mass is 9.76. The SMILES string of the molecule is Cc1ccc(-n2nc(C(C)(C)C)cc2NC(=O)Nc2ccc(C(C(=O)c3ccc(CO)cc3)C3CCNCC3)cc2)cc1. The Kier molecular flexibility index (Phi) is 9.08. The number of Topliss-reactive ketones (excluding diaryl/α,β-unsaturated/α-hetero) is 1. The number of hydrogen-bond acceptors (Lipinski definition) is 5. The van der Waals surface area contributed by atoms with Crippen molar-refractivity contribution in [3.8, 4) is 5.69 Å². The zero-order chi connectivity index (χ0) is 30.6. The van der Waals surface area contributed by atoms with Crippen LogP contribution in [-0.2, 0) is 12.0 Å². The van der Waals surface area contributed by atoms with Crippen LogP contribution in [0.3, 0.4) is 0 Å². The minimum absolute atomic E-state index is 0.0553. The highest BCUT2D eigenvalue weighted by Gasteiger charge is 2.31. The zero-order valence-electron chi connectivity index (χ0n) is 25.4. The predicted octanol–water partition coefficient (Wildman–Crippen LogP) is 6.58. The first-order valence-corrected chi connectivity index (χ1v) is 14.9. The van der Waals surface area contributed by atoms with Crippen molar-refractivity contribution in [3.05, 3.63) is 107 Å². The fourth-order valence-corrected chi connectivity index (χ4v) is 5.54. The molecular formula is C35H41N5O3. The van der Waals surface area contributed by atoms with Gasteiger partial charge in [-0.1, -0.05) is 74.9 Å². The monoisotopic (exact) mass is 579 g/mol. The number of aliphatic hydroxyl groups is 1.